The van der Waals surface area contributed by atoms with Gasteiger partial charge in [-0.05, 0) is 84.6 Å². The molecule has 2 aromatic heterocycles. The third kappa shape index (κ3) is 4.75. The van der Waals surface area contributed by atoms with Crippen LogP contribution in [0.5, 0.6) is 5.75 Å². The molecule has 0 spiro atoms. The summed E-state index contributed by atoms with van der Waals surface area (Å²) in [7, 11) is 0. The number of nitrogens with zero attached hydrogens (tertiary/aromatic N) is 5. The maximum atomic E-state index is 10.9. The van der Waals surface area contributed by atoms with E-state index in [4.69, 9.17) is 4.98 Å². The summed E-state index contributed by atoms with van der Waals surface area (Å²) in [6, 6.07) is 7.90. The number of aliphatic imine (C=N–C) groups is 1. The summed E-state index contributed by atoms with van der Waals surface area (Å²) in [5.74, 6) is 0.206. The Balaban J connectivity index is 1.76. The van der Waals surface area contributed by atoms with Gasteiger partial charge in [-0.2, -0.15) is 0 Å². The second kappa shape index (κ2) is 8.95. The Bertz CT molecular complexity index is 1250. The van der Waals surface area contributed by atoms with Crippen molar-refractivity contribution in [3.63, 3.8) is 0 Å². The Morgan fingerprint density at radius 2 is 1.88 bits per heavy atom. The topological polar surface area (TPSA) is 88.2 Å². The zero-order chi connectivity index (χ0) is 24.7. The first-order chi connectivity index (χ1) is 16.0. The van der Waals surface area contributed by atoms with Gasteiger partial charge in [0, 0.05) is 34.1 Å². The number of aromatic nitrogens is 4. The second-order valence-corrected chi connectivity index (χ2v) is 10.6. The molecule has 1 aliphatic rings. The highest BCUT2D eigenvalue weighted by atomic mass is 16.3. The molecule has 34 heavy (non-hydrogen) atoms. The SMILES string of the molecule is C/C=C\N=C(C)c1ccc(-c2cc3nnn(C4CC(C)(C)NC(C)(C)C4)c3nc2CC)c(O)c1. The fourth-order valence-corrected chi connectivity index (χ4v) is 5.35. The molecular weight excluding hydrogens is 424 g/mol. The van der Waals surface area contributed by atoms with Gasteiger partial charge in [-0.25, -0.2) is 9.67 Å². The second-order valence-electron chi connectivity index (χ2n) is 10.6. The molecule has 1 fully saturated rings. The van der Waals surface area contributed by atoms with Crippen molar-refractivity contribution in [3.05, 3.63) is 47.8 Å². The molecule has 4 rings (SSSR count). The van der Waals surface area contributed by atoms with Crippen LogP contribution in [0.25, 0.3) is 22.3 Å². The van der Waals surface area contributed by atoms with Crippen LogP contribution in [0.2, 0.25) is 0 Å². The molecule has 0 unspecified atom stereocenters. The number of phenols is 1. The number of fused-ring (bicyclic) bond motifs is 1. The molecule has 7 heteroatoms. The highest BCUT2D eigenvalue weighted by Gasteiger charge is 2.39. The zero-order valence-corrected chi connectivity index (χ0v) is 21.3. The molecule has 0 radical (unpaired) electrons. The fourth-order valence-electron chi connectivity index (χ4n) is 5.35. The van der Waals surface area contributed by atoms with Crippen molar-refractivity contribution in [2.45, 2.75) is 84.8 Å². The summed E-state index contributed by atoms with van der Waals surface area (Å²) in [6.07, 6.45) is 6.28. The van der Waals surface area contributed by atoms with Gasteiger partial charge in [0.2, 0.25) is 0 Å². The number of hydrogen-bond donors (Lipinski definition) is 2. The molecule has 0 saturated carbocycles. The lowest BCUT2D eigenvalue weighted by molar-refractivity contribution is 0.127. The third-order valence-corrected chi connectivity index (χ3v) is 6.50. The number of pyridine rings is 1. The summed E-state index contributed by atoms with van der Waals surface area (Å²) in [6.45, 7) is 14.9. The van der Waals surface area contributed by atoms with Gasteiger partial charge in [0.1, 0.15) is 11.3 Å². The van der Waals surface area contributed by atoms with Crippen LogP contribution < -0.4 is 5.32 Å². The smallest absolute Gasteiger partial charge is 0.179 e. The van der Waals surface area contributed by atoms with E-state index in [0.717, 1.165) is 58.5 Å². The maximum Gasteiger partial charge on any atom is 0.179 e. The van der Waals surface area contributed by atoms with Gasteiger partial charge in [-0.15, -0.1) is 5.10 Å². The van der Waals surface area contributed by atoms with Crippen molar-refractivity contribution < 1.29 is 5.11 Å². The molecule has 180 valence electrons. The van der Waals surface area contributed by atoms with E-state index in [2.05, 4.69) is 55.2 Å². The first-order valence-electron chi connectivity index (χ1n) is 12.1. The van der Waals surface area contributed by atoms with E-state index in [0.29, 0.717) is 0 Å². The van der Waals surface area contributed by atoms with Crippen molar-refractivity contribution in [2.75, 3.05) is 0 Å². The van der Waals surface area contributed by atoms with Crippen LogP contribution >= 0.6 is 0 Å². The Labute approximate surface area is 202 Å². The minimum atomic E-state index is 0.000106. The van der Waals surface area contributed by atoms with Gasteiger partial charge in [0.05, 0.1) is 11.7 Å². The van der Waals surface area contributed by atoms with E-state index in [9.17, 15) is 5.11 Å². The minimum absolute atomic E-state index is 0.000106. The van der Waals surface area contributed by atoms with Crippen LogP contribution in [-0.4, -0.2) is 41.9 Å². The van der Waals surface area contributed by atoms with Crippen molar-refractivity contribution in [1.82, 2.24) is 25.3 Å². The van der Waals surface area contributed by atoms with Gasteiger partial charge >= 0.3 is 0 Å². The lowest BCUT2D eigenvalue weighted by Crippen LogP contribution is -2.58. The van der Waals surface area contributed by atoms with Crippen LogP contribution in [0.4, 0.5) is 0 Å². The summed E-state index contributed by atoms with van der Waals surface area (Å²) in [5.41, 5.74) is 5.84. The molecule has 3 aromatic rings. The Morgan fingerprint density at radius 3 is 2.50 bits per heavy atom. The van der Waals surface area contributed by atoms with Gasteiger partial charge < -0.3 is 10.4 Å². The Kier molecular flexibility index (Phi) is 6.34. The lowest BCUT2D eigenvalue weighted by Gasteiger charge is -2.46. The number of phenolic OH excluding ortho intramolecular Hbond substituents is 1. The predicted molar refractivity (Wildman–Crippen MR) is 138 cm³/mol. The van der Waals surface area contributed by atoms with Crippen LogP contribution in [0, 0.1) is 0 Å². The van der Waals surface area contributed by atoms with Crippen LogP contribution in [0.15, 0.2) is 41.5 Å². The first kappa shape index (κ1) is 24.1. The van der Waals surface area contributed by atoms with E-state index in [1.54, 1.807) is 12.3 Å². The largest absolute Gasteiger partial charge is 0.507 e. The molecule has 1 aromatic carbocycles. The zero-order valence-electron chi connectivity index (χ0n) is 21.3. The standard InChI is InChI=1S/C27H36N6O/c1-8-12-28-17(3)18-10-11-20(24(34)13-18)21-14-23-25(29-22(21)9-2)33(32-30-23)19-15-26(4,5)31-27(6,7)16-19/h8,10-14,19,31,34H,9,15-16H2,1-7H3/b12-8-,28-17?. The van der Waals surface area contributed by atoms with E-state index in [-0.39, 0.29) is 22.9 Å². The minimum Gasteiger partial charge on any atom is -0.507 e. The van der Waals surface area contributed by atoms with Crippen LogP contribution in [0.3, 0.4) is 0 Å². The van der Waals surface area contributed by atoms with E-state index in [1.807, 2.05) is 42.8 Å². The third-order valence-electron chi connectivity index (χ3n) is 6.50. The number of aryl methyl sites for hydroxylation is 1. The number of rotatable bonds is 5. The summed E-state index contributed by atoms with van der Waals surface area (Å²) in [4.78, 5) is 9.40. The molecule has 0 aliphatic carbocycles. The van der Waals surface area contributed by atoms with Crippen LogP contribution in [-0.2, 0) is 6.42 Å². The average molecular weight is 461 g/mol. The lowest BCUT2D eigenvalue weighted by atomic mass is 9.79. The van der Waals surface area contributed by atoms with Gasteiger partial charge in [0.15, 0.2) is 5.65 Å². The van der Waals surface area contributed by atoms with E-state index in [1.165, 1.54) is 0 Å². The molecular formula is C27H36N6O. The average Bonchev–Trinajstić information content (AvgIpc) is 3.17. The maximum absolute atomic E-state index is 10.9. The highest BCUT2D eigenvalue weighted by molar-refractivity contribution is 6.00. The molecule has 0 bridgehead atoms. The number of aromatic hydroxyl groups is 1. The van der Waals surface area contributed by atoms with Gasteiger partial charge in [-0.3, -0.25) is 4.99 Å². The summed E-state index contributed by atoms with van der Waals surface area (Å²) in [5, 5.41) is 23.6. The molecule has 2 N–H and O–H groups in total. The van der Waals surface area contributed by atoms with Crippen molar-refractivity contribution in [2.24, 2.45) is 4.99 Å². The highest BCUT2D eigenvalue weighted by Crippen LogP contribution is 2.38. The summed E-state index contributed by atoms with van der Waals surface area (Å²) >= 11 is 0. The number of piperidine rings is 1. The molecule has 3 heterocycles. The monoisotopic (exact) mass is 460 g/mol. The quantitative estimate of drug-likeness (QED) is 0.485. The number of hydrogen-bond acceptors (Lipinski definition) is 6. The Hall–Kier alpha value is -3.06. The number of allylic oxidation sites excluding steroid dienone is 1. The molecule has 1 saturated heterocycles. The van der Waals surface area contributed by atoms with Gasteiger partial charge in [0.25, 0.3) is 0 Å². The van der Waals surface area contributed by atoms with Crippen molar-refractivity contribution in [3.8, 4) is 16.9 Å². The number of benzene rings is 1. The summed E-state index contributed by atoms with van der Waals surface area (Å²) < 4.78 is 2.01. The van der Waals surface area contributed by atoms with E-state index >= 15 is 0 Å². The van der Waals surface area contributed by atoms with Gasteiger partial charge in [-0.1, -0.05) is 24.3 Å². The fraction of sp³-hybridized carbons (Fsp3) is 0.481. The van der Waals surface area contributed by atoms with Crippen molar-refractivity contribution in [1.29, 1.82) is 0 Å². The first-order valence-corrected chi connectivity index (χ1v) is 12.1. The van der Waals surface area contributed by atoms with Crippen molar-refractivity contribution >= 4 is 16.9 Å². The normalized spacial score (nSPS) is 18.7. The van der Waals surface area contributed by atoms with Crippen LogP contribution in [0.1, 0.15) is 78.6 Å². The van der Waals surface area contributed by atoms with E-state index < -0.39 is 0 Å². The molecule has 7 nitrogen and oxygen atoms in total. The number of nitrogens with one attached hydrogen (secondary N) is 1. The molecule has 0 atom stereocenters. The predicted octanol–water partition coefficient (Wildman–Crippen LogP) is 5.59. The molecule has 0 amide bonds. The Morgan fingerprint density at radius 1 is 1.18 bits per heavy atom. The molecule has 1 aliphatic heterocycles.